The van der Waals surface area contributed by atoms with Gasteiger partial charge in [-0.3, -0.25) is 0 Å². The number of anilines is 1. The van der Waals surface area contributed by atoms with Crippen molar-refractivity contribution in [2.24, 2.45) is 0 Å². The predicted octanol–water partition coefficient (Wildman–Crippen LogP) is 3.02. The molecular weight excluding hydrogens is 206 g/mol. The second-order valence-corrected chi connectivity index (χ2v) is 4.17. The van der Waals surface area contributed by atoms with E-state index in [1.807, 2.05) is 24.6 Å². The maximum absolute atomic E-state index is 4.29. The predicted molar refractivity (Wildman–Crippen MR) is 63.1 cm³/mol. The average Bonchev–Trinajstić information content (AvgIpc) is 2.74. The molecule has 2 aromatic rings. The number of aryl methyl sites for hydroxylation is 1. The van der Waals surface area contributed by atoms with Gasteiger partial charge in [-0.25, -0.2) is 9.97 Å². The van der Waals surface area contributed by atoms with Crippen LogP contribution in [0.25, 0.3) is 0 Å². The maximum atomic E-state index is 4.29. The lowest BCUT2D eigenvalue weighted by Gasteiger charge is -2.13. The Morgan fingerprint density at radius 2 is 2.27 bits per heavy atom. The van der Waals surface area contributed by atoms with Crippen molar-refractivity contribution in [2.75, 3.05) is 5.32 Å². The molecule has 0 aliphatic heterocycles. The van der Waals surface area contributed by atoms with Gasteiger partial charge in [0.05, 0.1) is 17.2 Å². The molecule has 0 aliphatic carbocycles. The van der Waals surface area contributed by atoms with Crippen LogP contribution < -0.4 is 5.32 Å². The monoisotopic (exact) mass is 219 g/mol. The standard InChI is InChI=1S/C11H13N3S/c1-8-4-3-5-12-11(8)14-9(2)10-6-15-7-13-10/h3-7,9H,1-2H3,(H,12,14). The van der Waals surface area contributed by atoms with Crippen LogP contribution in [-0.4, -0.2) is 9.97 Å². The van der Waals surface area contributed by atoms with Crippen molar-refractivity contribution < 1.29 is 0 Å². The Bertz CT molecular complexity index is 425. The fraction of sp³-hybridized carbons (Fsp3) is 0.273. The van der Waals surface area contributed by atoms with E-state index in [2.05, 4.69) is 27.6 Å². The number of aromatic nitrogens is 2. The molecular formula is C11H13N3S. The molecule has 1 N–H and O–H groups in total. The number of rotatable bonds is 3. The van der Waals surface area contributed by atoms with Crippen LogP contribution in [0.1, 0.15) is 24.2 Å². The third kappa shape index (κ3) is 2.33. The van der Waals surface area contributed by atoms with E-state index in [1.54, 1.807) is 17.5 Å². The first kappa shape index (κ1) is 10.1. The SMILES string of the molecule is Cc1cccnc1NC(C)c1cscn1. The Morgan fingerprint density at radius 1 is 1.40 bits per heavy atom. The molecule has 0 saturated carbocycles. The topological polar surface area (TPSA) is 37.8 Å². The van der Waals surface area contributed by atoms with E-state index < -0.39 is 0 Å². The van der Waals surface area contributed by atoms with E-state index >= 15 is 0 Å². The van der Waals surface area contributed by atoms with Gasteiger partial charge in [-0.1, -0.05) is 6.07 Å². The van der Waals surface area contributed by atoms with Crippen LogP contribution >= 0.6 is 11.3 Å². The van der Waals surface area contributed by atoms with Gasteiger partial charge in [0.25, 0.3) is 0 Å². The van der Waals surface area contributed by atoms with Crippen LogP contribution in [0, 0.1) is 6.92 Å². The van der Waals surface area contributed by atoms with E-state index in [0.29, 0.717) is 0 Å². The lowest BCUT2D eigenvalue weighted by Crippen LogP contribution is -2.09. The van der Waals surface area contributed by atoms with Crippen molar-refractivity contribution in [2.45, 2.75) is 19.9 Å². The zero-order chi connectivity index (χ0) is 10.7. The van der Waals surface area contributed by atoms with E-state index in [-0.39, 0.29) is 6.04 Å². The highest BCUT2D eigenvalue weighted by Gasteiger charge is 2.08. The molecule has 0 aliphatic rings. The minimum atomic E-state index is 0.199. The molecule has 0 amide bonds. The first-order valence-corrected chi connectivity index (χ1v) is 5.78. The number of thiazole rings is 1. The van der Waals surface area contributed by atoms with E-state index in [9.17, 15) is 0 Å². The lowest BCUT2D eigenvalue weighted by molar-refractivity contribution is 0.840. The normalized spacial score (nSPS) is 12.4. The van der Waals surface area contributed by atoms with Crippen molar-refractivity contribution in [3.63, 3.8) is 0 Å². The number of pyridine rings is 1. The second-order valence-electron chi connectivity index (χ2n) is 3.45. The highest BCUT2D eigenvalue weighted by atomic mass is 32.1. The smallest absolute Gasteiger partial charge is 0.129 e. The summed E-state index contributed by atoms with van der Waals surface area (Å²) in [6.45, 7) is 4.13. The zero-order valence-corrected chi connectivity index (χ0v) is 9.58. The summed E-state index contributed by atoms with van der Waals surface area (Å²) >= 11 is 1.61. The van der Waals surface area contributed by atoms with Crippen molar-refractivity contribution in [3.8, 4) is 0 Å². The summed E-state index contributed by atoms with van der Waals surface area (Å²) in [5.41, 5.74) is 4.06. The first-order valence-electron chi connectivity index (χ1n) is 4.83. The molecule has 0 saturated heterocycles. The molecule has 0 bridgehead atoms. The highest BCUT2D eigenvalue weighted by molar-refractivity contribution is 7.07. The fourth-order valence-electron chi connectivity index (χ4n) is 1.35. The molecule has 2 aromatic heterocycles. The van der Waals surface area contributed by atoms with Gasteiger partial charge >= 0.3 is 0 Å². The molecule has 1 unspecified atom stereocenters. The van der Waals surface area contributed by atoms with Crippen LogP contribution in [0.5, 0.6) is 0 Å². The van der Waals surface area contributed by atoms with Gasteiger partial charge in [0.2, 0.25) is 0 Å². The molecule has 0 fully saturated rings. The molecule has 3 nitrogen and oxygen atoms in total. The van der Waals surface area contributed by atoms with Gasteiger partial charge in [-0.05, 0) is 25.5 Å². The number of nitrogens with one attached hydrogen (secondary N) is 1. The lowest BCUT2D eigenvalue weighted by atomic mass is 10.2. The molecule has 0 aromatic carbocycles. The minimum absolute atomic E-state index is 0.199. The van der Waals surface area contributed by atoms with Gasteiger partial charge in [0, 0.05) is 11.6 Å². The van der Waals surface area contributed by atoms with Crippen LogP contribution in [0.2, 0.25) is 0 Å². The van der Waals surface area contributed by atoms with Gasteiger partial charge in [0.15, 0.2) is 0 Å². The molecule has 1 atom stereocenters. The maximum Gasteiger partial charge on any atom is 0.129 e. The van der Waals surface area contributed by atoms with E-state index in [1.165, 1.54) is 0 Å². The molecule has 2 rings (SSSR count). The molecule has 2 heterocycles. The molecule has 78 valence electrons. The van der Waals surface area contributed by atoms with E-state index in [0.717, 1.165) is 17.1 Å². The largest absolute Gasteiger partial charge is 0.362 e. The Kier molecular flexibility index (Phi) is 2.97. The highest BCUT2D eigenvalue weighted by Crippen LogP contribution is 2.19. The number of hydrogen-bond acceptors (Lipinski definition) is 4. The van der Waals surface area contributed by atoms with Crippen molar-refractivity contribution in [1.29, 1.82) is 0 Å². The summed E-state index contributed by atoms with van der Waals surface area (Å²) in [5.74, 6) is 0.929. The van der Waals surface area contributed by atoms with Crippen LogP contribution in [0.4, 0.5) is 5.82 Å². The van der Waals surface area contributed by atoms with Gasteiger partial charge in [0.1, 0.15) is 5.82 Å². The minimum Gasteiger partial charge on any atom is -0.362 e. The molecule has 15 heavy (non-hydrogen) atoms. The second kappa shape index (κ2) is 4.40. The summed E-state index contributed by atoms with van der Waals surface area (Å²) in [5, 5.41) is 5.40. The van der Waals surface area contributed by atoms with Crippen molar-refractivity contribution in [3.05, 3.63) is 40.5 Å². The van der Waals surface area contributed by atoms with E-state index in [4.69, 9.17) is 0 Å². The quantitative estimate of drug-likeness (QED) is 0.862. The molecule has 4 heteroatoms. The molecule has 0 radical (unpaired) electrons. The molecule has 0 spiro atoms. The van der Waals surface area contributed by atoms with Crippen LogP contribution in [0.3, 0.4) is 0 Å². The Hall–Kier alpha value is -1.42. The summed E-state index contributed by atoms with van der Waals surface area (Å²) in [4.78, 5) is 8.56. The van der Waals surface area contributed by atoms with Gasteiger partial charge in [-0.2, -0.15) is 0 Å². The summed E-state index contributed by atoms with van der Waals surface area (Å²) < 4.78 is 0. The summed E-state index contributed by atoms with van der Waals surface area (Å²) in [7, 11) is 0. The average molecular weight is 219 g/mol. The zero-order valence-electron chi connectivity index (χ0n) is 8.77. The first-order chi connectivity index (χ1) is 7.27. The third-order valence-electron chi connectivity index (χ3n) is 2.26. The Labute approximate surface area is 93.2 Å². The van der Waals surface area contributed by atoms with Crippen molar-refractivity contribution in [1.82, 2.24) is 9.97 Å². The summed E-state index contributed by atoms with van der Waals surface area (Å²) in [6, 6.07) is 4.18. The number of nitrogens with zero attached hydrogens (tertiary/aromatic N) is 2. The Morgan fingerprint density at radius 3 is 2.93 bits per heavy atom. The third-order valence-corrected chi connectivity index (χ3v) is 2.86. The van der Waals surface area contributed by atoms with Gasteiger partial charge in [-0.15, -0.1) is 11.3 Å². The van der Waals surface area contributed by atoms with Gasteiger partial charge < -0.3 is 5.32 Å². The summed E-state index contributed by atoms with van der Waals surface area (Å²) in [6.07, 6.45) is 1.79. The van der Waals surface area contributed by atoms with Crippen LogP contribution in [0.15, 0.2) is 29.2 Å². The van der Waals surface area contributed by atoms with Crippen LogP contribution in [-0.2, 0) is 0 Å². The fourth-order valence-corrected chi connectivity index (χ4v) is 2.00. The van der Waals surface area contributed by atoms with Crippen molar-refractivity contribution >= 4 is 17.2 Å². The number of hydrogen-bond donors (Lipinski definition) is 1. The Balaban J connectivity index is 2.13.